The molecular formula is C19H24N2O. The molecule has 3 heteroatoms. The lowest BCUT2D eigenvalue weighted by molar-refractivity contribution is 0.475. The first-order valence-electron chi connectivity index (χ1n) is 7.79. The Morgan fingerprint density at radius 2 is 1.95 bits per heavy atom. The zero-order valence-electron chi connectivity index (χ0n) is 13.5. The van der Waals surface area contributed by atoms with Crippen molar-refractivity contribution >= 4 is 5.69 Å². The molecule has 3 N–H and O–H groups in total. The van der Waals surface area contributed by atoms with Crippen molar-refractivity contribution in [3.63, 3.8) is 0 Å². The van der Waals surface area contributed by atoms with Gasteiger partial charge in [0.15, 0.2) is 0 Å². The third kappa shape index (κ3) is 2.57. The van der Waals surface area contributed by atoms with Crippen molar-refractivity contribution in [2.24, 2.45) is 5.73 Å². The molecule has 0 fully saturated rings. The van der Waals surface area contributed by atoms with E-state index in [0.29, 0.717) is 12.3 Å². The van der Waals surface area contributed by atoms with Crippen molar-refractivity contribution in [3.05, 3.63) is 59.2 Å². The Hall–Kier alpha value is -2.00. The van der Waals surface area contributed by atoms with E-state index in [1.54, 1.807) is 12.1 Å². The van der Waals surface area contributed by atoms with Gasteiger partial charge in [-0.25, -0.2) is 0 Å². The van der Waals surface area contributed by atoms with Crippen molar-refractivity contribution in [2.75, 3.05) is 11.4 Å². The van der Waals surface area contributed by atoms with E-state index in [4.69, 9.17) is 5.73 Å². The van der Waals surface area contributed by atoms with E-state index in [1.165, 1.54) is 16.7 Å². The number of aromatic hydroxyl groups is 1. The van der Waals surface area contributed by atoms with Crippen LogP contribution < -0.4 is 10.6 Å². The highest BCUT2D eigenvalue weighted by Crippen LogP contribution is 2.39. The van der Waals surface area contributed by atoms with Crippen molar-refractivity contribution in [2.45, 2.75) is 38.8 Å². The number of phenols is 1. The van der Waals surface area contributed by atoms with Gasteiger partial charge in [-0.15, -0.1) is 0 Å². The standard InChI is InChI=1S/C19H24N2O/c1-19(2,3)14-8-7-13-12-21(18(11-20)17(13)9-14)15-5-4-6-16(22)10-15/h4-10,18,22H,11-12,20H2,1-3H3. The molecule has 0 bridgehead atoms. The second kappa shape index (κ2) is 5.33. The monoisotopic (exact) mass is 296 g/mol. The van der Waals surface area contributed by atoms with Crippen molar-refractivity contribution < 1.29 is 5.11 Å². The Bertz CT molecular complexity index is 688. The van der Waals surface area contributed by atoms with Crippen LogP contribution in [0, 0.1) is 0 Å². The molecule has 0 saturated heterocycles. The molecule has 1 aliphatic rings. The minimum atomic E-state index is 0.132. The summed E-state index contributed by atoms with van der Waals surface area (Å²) < 4.78 is 0. The number of benzene rings is 2. The third-order valence-electron chi connectivity index (χ3n) is 4.47. The molecule has 116 valence electrons. The average Bonchev–Trinajstić information content (AvgIpc) is 2.83. The number of nitrogens with two attached hydrogens (primary N) is 1. The molecule has 2 aromatic rings. The highest BCUT2D eigenvalue weighted by atomic mass is 16.3. The first-order valence-corrected chi connectivity index (χ1v) is 7.79. The zero-order valence-corrected chi connectivity index (χ0v) is 13.5. The van der Waals surface area contributed by atoms with Gasteiger partial charge in [-0.3, -0.25) is 0 Å². The van der Waals surface area contributed by atoms with Gasteiger partial charge in [0.2, 0.25) is 0 Å². The first-order chi connectivity index (χ1) is 10.4. The second-order valence-electron chi connectivity index (χ2n) is 7.06. The van der Waals surface area contributed by atoms with Gasteiger partial charge < -0.3 is 15.7 Å². The number of rotatable bonds is 2. The lowest BCUT2D eigenvalue weighted by Gasteiger charge is -2.27. The summed E-state index contributed by atoms with van der Waals surface area (Å²) in [4.78, 5) is 2.27. The van der Waals surface area contributed by atoms with Crippen LogP contribution in [0.25, 0.3) is 0 Å². The van der Waals surface area contributed by atoms with E-state index in [1.807, 2.05) is 12.1 Å². The predicted molar refractivity (Wildman–Crippen MR) is 91.2 cm³/mol. The fraction of sp³-hybridized carbons (Fsp3) is 0.368. The number of hydrogen-bond acceptors (Lipinski definition) is 3. The molecule has 22 heavy (non-hydrogen) atoms. The molecule has 1 atom stereocenters. The minimum absolute atomic E-state index is 0.132. The Morgan fingerprint density at radius 1 is 1.18 bits per heavy atom. The number of nitrogens with zero attached hydrogens (tertiary/aromatic N) is 1. The Labute approximate surface area is 132 Å². The maximum Gasteiger partial charge on any atom is 0.117 e. The van der Waals surface area contributed by atoms with Crippen LogP contribution in [0.2, 0.25) is 0 Å². The molecule has 0 aromatic heterocycles. The summed E-state index contributed by atoms with van der Waals surface area (Å²) in [5, 5.41) is 9.74. The quantitative estimate of drug-likeness (QED) is 0.888. The number of phenolic OH excluding ortho intramolecular Hbond substituents is 1. The van der Waals surface area contributed by atoms with Crippen molar-refractivity contribution in [3.8, 4) is 5.75 Å². The maximum atomic E-state index is 9.74. The molecule has 0 saturated carbocycles. The SMILES string of the molecule is CC(C)(C)c1ccc2c(c1)C(CN)N(c1cccc(O)c1)C2. The fourth-order valence-electron chi connectivity index (χ4n) is 3.17. The van der Waals surface area contributed by atoms with Gasteiger partial charge in [-0.2, -0.15) is 0 Å². The zero-order chi connectivity index (χ0) is 15.9. The van der Waals surface area contributed by atoms with E-state index in [9.17, 15) is 5.11 Å². The number of hydrogen-bond donors (Lipinski definition) is 2. The topological polar surface area (TPSA) is 49.5 Å². The summed E-state index contributed by atoms with van der Waals surface area (Å²) in [7, 11) is 0. The summed E-state index contributed by atoms with van der Waals surface area (Å²) in [6.07, 6.45) is 0. The van der Waals surface area contributed by atoms with Gasteiger partial charge in [-0.1, -0.05) is 45.0 Å². The average molecular weight is 296 g/mol. The molecule has 1 aliphatic heterocycles. The molecule has 0 radical (unpaired) electrons. The summed E-state index contributed by atoms with van der Waals surface area (Å²) in [6, 6.07) is 14.3. The number of anilines is 1. The van der Waals surface area contributed by atoms with Gasteiger partial charge in [0.05, 0.1) is 6.04 Å². The lowest BCUT2D eigenvalue weighted by atomic mass is 9.85. The van der Waals surface area contributed by atoms with Gasteiger partial charge in [0.1, 0.15) is 5.75 Å². The predicted octanol–water partition coefficient (Wildman–Crippen LogP) is 3.71. The fourth-order valence-corrected chi connectivity index (χ4v) is 3.17. The first kappa shape index (κ1) is 14.9. The summed E-state index contributed by atoms with van der Waals surface area (Å²) in [5.74, 6) is 0.291. The second-order valence-corrected chi connectivity index (χ2v) is 7.06. The van der Waals surface area contributed by atoms with Crippen LogP contribution in [0.5, 0.6) is 5.75 Å². The molecule has 0 amide bonds. The maximum absolute atomic E-state index is 9.74. The number of fused-ring (bicyclic) bond motifs is 1. The Morgan fingerprint density at radius 3 is 2.59 bits per heavy atom. The summed E-state index contributed by atoms with van der Waals surface area (Å²) in [6.45, 7) is 8.09. The van der Waals surface area contributed by atoms with Gasteiger partial charge in [0, 0.05) is 24.8 Å². The van der Waals surface area contributed by atoms with E-state index in [2.05, 4.69) is 43.9 Å². The lowest BCUT2D eigenvalue weighted by Crippen LogP contribution is -2.27. The minimum Gasteiger partial charge on any atom is -0.508 e. The van der Waals surface area contributed by atoms with Gasteiger partial charge in [0.25, 0.3) is 0 Å². The molecular weight excluding hydrogens is 272 g/mol. The van der Waals surface area contributed by atoms with Crippen LogP contribution in [-0.2, 0) is 12.0 Å². The van der Waals surface area contributed by atoms with Crippen LogP contribution in [0.3, 0.4) is 0 Å². The van der Waals surface area contributed by atoms with E-state index in [0.717, 1.165) is 12.2 Å². The Kier molecular flexibility index (Phi) is 3.61. The molecule has 3 rings (SSSR count). The van der Waals surface area contributed by atoms with Crippen molar-refractivity contribution in [1.82, 2.24) is 0 Å². The third-order valence-corrected chi connectivity index (χ3v) is 4.47. The normalized spacial score (nSPS) is 17.6. The van der Waals surface area contributed by atoms with Crippen LogP contribution in [0.15, 0.2) is 42.5 Å². The molecule has 1 heterocycles. The molecule has 0 aliphatic carbocycles. The van der Waals surface area contributed by atoms with Crippen LogP contribution in [-0.4, -0.2) is 11.7 Å². The van der Waals surface area contributed by atoms with E-state index >= 15 is 0 Å². The highest BCUT2D eigenvalue weighted by Gasteiger charge is 2.30. The van der Waals surface area contributed by atoms with Gasteiger partial charge >= 0.3 is 0 Å². The molecule has 0 spiro atoms. The van der Waals surface area contributed by atoms with Crippen molar-refractivity contribution in [1.29, 1.82) is 0 Å². The van der Waals surface area contributed by atoms with E-state index < -0.39 is 0 Å². The largest absolute Gasteiger partial charge is 0.508 e. The molecule has 3 nitrogen and oxygen atoms in total. The van der Waals surface area contributed by atoms with Crippen LogP contribution >= 0.6 is 0 Å². The van der Waals surface area contributed by atoms with E-state index in [-0.39, 0.29) is 11.5 Å². The Balaban J connectivity index is 2.01. The summed E-state index contributed by atoms with van der Waals surface area (Å²) in [5.41, 5.74) is 11.2. The van der Waals surface area contributed by atoms with Crippen LogP contribution in [0.1, 0.15) is 43.5 Å². The highest BCUT2D eigenvalue weighted by molar-refractivity contribution is 5.57. The molecule has 2 aromatic carbocycles. The van der Waals surface area contributed by atoms with Crippen LogP contribution in [0.4, 0.5) is 5.69 Å². The molecule has 1 unspecified atom stereocenters. The smallest absolute Gasteiger partial charge is 0.117 e. The van der Waals surface area contributed by atoms with Gasteiger partial charge in [-0.05, 0) is 34.2 Å². The summed E-state index contributed by atoms with van der Waals surface area (Å²) >= 11 is 0.